The molecule has 0 saturated heterocycles. The largest absolute Gasteiger partial charge is 0.370 e. The summed E-state index contributed by atoms with van der Waals surface area (Å²) >= 11 is 0. The van der Waals surface area contributed by atoms with E-state index in [4.69, 9.17) is 5.73 Å². The standard InChI is InChI=1S/C15H23N3/c1-3-7-12(2)14-10-17-15(16)18(14)11-13-8-5-4-6-9-13/h4-6,8-9,12,14H,3,7,10-11H2,1-2H3,(H2,16,17). The first-order valence-electron chi connectivity index (χ1n) is 6.83. The molecule has 0 bridgehead atoms. The average molecular weight is 245 g/mol. The summed E-state index contributed by atoms with van der Waals surface area (Å²) in [7, 11) is 0. The second-order valence-electron chi connectivity index (χ2n) is 5.15. The van der Waals surface area contributed by atoms with Crippen molar-refractivity contribution in [1.29, 1.82) is 0 Å². The summed E-state index contributed by atoms with van der Waals surface area (Å²) in [6, 6.07) is 10.9. The van der Waals surface area contributed by atoms with E-state index in [1.807, 2.05) is 6.07 Å². The molecule has 1 aromatic rings. The lowest BCUT2D eigenvalue weighted by atomic mass is 9.96. The third kappa shape index (κ3) is 2.84. The lowest BCUT2D eigenvalue weighted by molar-refractivity contribution is 0.245. The third-order valence-electron chi connectivity index (χ3n) is 3.73. The molecule has 0 saturated carbocycles. The molecule has 3 nitrogen and oxygen atoms in total. The first-order chi connectivity index (χ1) is 8.72. The van der Waals surface area contributed by atoms with Crippen LogP contribution in [-0.2, 0) is 6.54 Å². The first-order valence-corrected chi connectivity index (χ1v) is 6.83. The van der Waals surface area contributed by atoms with Gasteiger partial charge in [-0.1, -0.05) is 50.6 Å². The molecule has 2 rings (SSSR count). The maximum Gasteiger partial charge on any atom is 0.191 e. The molecule has 1 aliphatic heterocycles. The van der Waals surface area contributed by atoms with Gasteiger partial charge in [-0.3, -0.25) is 4.99 Å². The number of hydrogen-bond acceptors (Lipinski definition) is 3. The number of nitrogens with two attached hydrogens (primary N) is 1. The fourth-order valence-corrected chi connectivity index (χ4v) is 2.66. The van der Waals surface area contributed by atoms with Crippen molar-refractivity contribution in [2.75, 3.05) is 6.54 Å². The van der Waals surface area contributed by atoms with Crippen molar-refractivity contribution in [2.45, 2.75) is 39.3 Å². The van der Waals surface area contributed by atoms with E-state index in [2.05, 4.69) is 48.0 Å². The summed E-state index contributed by atoms with van der Waals surface area (Å²) in [4.78, 5) is 6.68. The predicted molar refractivity (Wildman–Crippen MR) is 76.3 cm³/mol. The van der Waals surface area contributed by atoms with Gasteiger partial charge < -0.3 is 10.6 Å². The highest BCUT2D eigenvalue weighted by atomic mass is 15.3. The van der Waals surface area contributed by atoms with Crippen LogP contribution in [0.5, 0.6) is 0 Å². The summed E-state index contributed by atoms with van der Waals surface area (Å²) in [5.41, 5.74) is 7.32. The van der Waals surface area contributed by atoms with Crippen molar-refractivity contribution in [3.8, 4) is 0 Å². The van der Waals surface area contributed by atoms with Crippen molar-refractivity contribution in [2.24, 2.45) is 16.6 Å². The van der Waals surface area contributed by atoms with Crippen LogP contribution >= 0.6 is 0 Å². The number of hydrogen-bond donors (Lipinski definition) is 1. The smallest absolute Gasteiger partial charge is 0.191 e. The molecule has 0 spiro atoms. The minimum atomic E-state index is 0.463. The van der Waals surface area contributed by atoms with Gasteiger partial charge >= 0.3 is 0 Å². The van der Waals surface area contributed by atoms with Gasteiger partial charge in [0.2, 0.25) is 0 Å². The molecular weight excluding hydrogens is 222 g/mol. The molecule has 18 heavy (non-hydrogen) atoms. The fourth-order valence-electron chi connectivity index (χ4n) is 2.66. The second kappa shape index (κ2) is 5.89. The van der Waals surface area contributed by atoms with Crippen molar-refractivity contribution in [1.82, 2.24) is 4.90 Å². The highest BCUT2D eigenvalue weighted by Crippen LogP contribution is 2.22. The molecule has 2 atom stereocenters. The Balaban J connectivity index is 2.06. The van der Waals surface area contributed by atoms with Crippen molar-refractivity contribution < 1.29 is 0 Å². The average Bonchev–Trinajstić information content (AvgIpc) is 2.73. The molecule has 2 N–H and O–H groups in total. The molecule has 0 amide bonds. The summed E-state index contributed by atoms with van der Waals surface area (Å²) in [5.74, 6) is 1.34. The van der Waals surface area contributed by atoms with Crippen molar-refractivity contribution in [3.63, 3.8) is 0 Å². The molecule has 2 unspecified atom stereocenters. The third-order valence-corrected chi connectivity index (χ3v) is 3.73. The van der Waals surface area contributed by atoms with E-state index in [0.29, 0.717) is 17.9 Å². The SMILES string of the molecule is CCCC(C)C1CN=C(N)N1Cc1ccccc1. The van der Waals surface area contributed by atoms with E-state index in [-0.39, 0.29) is 0 Å². The Morgan fingerprint density at radius 2 is 2.11 bits per heavy atom. The van der Waals surface area contributed by atoms with E-state index in [0.717, 1.165) is 13.1 Å². The Morgan fingerprint density at radius 1 is 1.39 bits per heavy atom. The number of benzene rings is 1. The van der Waals surface area contributed by atoms with E-state index < -0.39 is 0 Å². The van der Waals surface area contributed by atoms with Crippen LogP contribution < -0.4 is 5.73 Å². The maximum atomic E-state index is 6.03. The molecule has 1 aliphatic rings. The second-order valence-corrected chi connectivity index (χ2v) is 5.15. The first kappa shape index (κ1) is 12.9. The Labute approximate surface area is 110 Å². The number of aliphatic imine (C=N–C) groups is 1. The van der Waals surface area contributed by atoms with Crippen molar-refractivity contribution >= 4 is 5.96 Å². The normalized spacial score (nSPS) is 20.9. The van der Waals surface area contributed by atoms with Crippen LogP contribution in [0.2, 0.25) is 0 Å². The zero-order valence-corrected chi connectivity index (χ0v) is 11.3. The fraction of sp³-hybridized carbons (Fsp3) is 0.533. The summed E-state index contributed by atoms with van der Waals surface area (Å²) in [6.45, 7) is 6.26. The Hall–Kier alpha value is -1.51. The van der Waals surface area contributed by atoms with Crippen LogP contribution in [0.15, 0.2) is 35.3 Å². The molecule has 1 aromatic carbocycles. The predicted octanol–water partition coefficient (Wildman–Crippen LogP) is 2.62. The van der Waals surface area contributed by atoms with Gasteiger partial charge in [-0.15, -0.1) is 0 Å². The van der Waals surface area contributed by atoms with Crippen LogP contribution in [-0.4, -0.2) is 23.4 Å². The van der Waals surface area contributed by atoms with Crippen molar-refractivity contribution in [3.05, 3.63) is 35.9 Å². The Bertz CT molecular complexity index is 399. The van der Waals surface area contributed by atoms with Crippen LogP contribution in [0, 0.1) is 5.92 Å². The summed E-state index contributed by atoms with van der Waals surface area (Å²) in [6.07, 6.45) is 2.45. The van der Waals surface area contributed by atoms with Gasteiger partial charge in [-0.2, -0.15) is 0 Å². The topological polar surface area (TPSA) is 41.6 Å². The maximum absolute atomic E-state index is 6.03. The van der Waals surface area contributed by atoms with Gasteiger partial charge in [0.25, 0.3) is 0 Å². The molecule has 0 fully saturated rings. The van der Waals surface area contributed by atoms with Gasteiger partial charge in [0.15, 0.2) is 5.96 Å². The highest BCUT2D eigenvalue weighted by Gasteiger charge is 2.29. The molecule has 1 heterocycles. The quantitative estimate of drug-likeness (QED) is 0.866. The molecule has 0 radical (unpaired) electrons. The number of guanidine groups is 1. The summed E-state index contributed by atoms with van der Waals surface area (Å²) < 4.78 is 0. The van der Waals surface area contributed by atoms with Gasteiger partial charge in [0.1, 0.15) is 0 Å². The molecule has 3 heteroatoms. The highest BCUT2D eigenvalue weighted by molar-refractivity contribution is 5.80. The van der Waals surface area contributed by atoms with Gasteiger partial charge in [-0.05, 0) is 17.9 Å². The minimum Gasteiger partial charge on any atom is -0.370 e. The van der Waals surface area contributed by atoms with Gasteiger partial charge in [-0.25, -0.2) is 0 Å². The van der Waals surface area contributed by atoms with Crippen LogP contribution in [0.3, 0.4) is 0 Å². The monoisotopic (exact) mass is 245 g/mol. The Morgan fingerprint density at radius 3 is 2.78 bits per heavy atom. The lowest BCUT2D eigenvalue weighted by Gasteiger charge is -2.30. The van der Waals surface area contributed by atoms with E-state index >= 15 is 0 Å². The molecular formula is C15H23N3. The van der Waals surface area contributed by atoms with E-state index in [9.17, 15) is 0 Å². The van der Waals surface area contributed by atoms with Gasteiger partial charge in [0.05, 0.1) is 12.6 Å². The van der Waals surface area contributed by atoms with E-state index in [1.165, 1.54) is 18.4 Å². The van der Waals surface area contributed by atoms with E-state index in [1.54, 1.807) is 0 Å². The van der Waals surface area contributed by atoms with Gasteiger partial charge in [0, 0.05) is 6.54 Å². The number of nitrogens with zero attached hydrogens (tertiary/aromatic N) is 2. The van der Waals surface area contributed by atoms with Crippen LogP contribution in [0.25, 0.3) is 0 Å². The zero-order valence-electron chi connectivity index (χ0n) is 11.3. The summed E-state index contributed by atoms with van der Waals surface area (Å²) in [5, 5.41) is 0. The number of rotatable bonds is 5. The minimum absolute atomic E-state index is 0.463. The zero-order chi connectivity index (χ0) is 13.0. The molecule has 0 aliphatic carbocycles. The van der Waals surface area contributed by atoms with Crippen LogP contribution in [0.1, 0.15) is 32.3 Å². The van der Waals surface area contributed by atoms with Crippen LogP contribution in [0.4, 0.5) is 0 Å². The lowest BCUT2D eigenvalue weighted by Crippen LogP contribution is -2.43. The Kier molecular flexibility index (Phi) is 4.24. The molecule has 0 aromatic heterocycles. The molecule has 98 valence electrons.